The fourth-order valence-electron chi connectivity index (χ4n) is 2.08. The third kappa shape index (κ3) is 4.55. The Morgan fingerprint density at radius 1 is 1.36 bits per heavy atom. The summed E-state index contributed by atoms with van der Waals surface area (Å²) >= 11 is 0. The summed E-state index contributed by atoms with van der Waals surface area (Å²) in [4.78, 5) is 22.2. The number of nitrogens with zero attached hydrogens (tertiary/aromatic N) is 3. The predicted octanol–water partition coefficient (Wildman–Crippen LogP) is 2.25. The molecule has 0 saturated carbocycles. The van der Waals surface area contributed by atoms with Crippen LogP contribution < -0.4 is 4.74 Å². The lowest BCUT2D eigenvalue weighted by Crippen LogP contribution is -2.39. The minimum absolute atomic E-state index is 0.00772. The molecule has 0 N–H and O–H groups in total. The van der Waals surface area contributed by atoms with Crippen molar-refractivity contribution in [3.05, 3.63) is 54.1 Å². The highest BCUT2D eigenvalue weighted by atomic mass is 16.5. The summed E-state index contributed by atoms with van der Waals surface area (Å²) in [5.74, 6) is 0.529. The zero-order valence-electron chi connectivity index (χ0n) is 13.2. The molecule has 2 rings (SSSR count). The summed E-state index contributed by atoms with van der Waals surface area (Å²) in [6.07, 6.45) is 5.77. The monoisotopic (exact) mass is 299 g/mol. The van der Waals surface area contributed by atoms with Crippen molar-refractivity contribution in [2.45, 2.75) is 26.3 Å². The number of rotatable bonds is 6. The average Bonchev–Trinajstić information content (AvgIpc) is 2.53. The molecular formula is C17H21N3O2. The first-order chi connectivity index (χ1) is 10.6. The molecule has 1 amide bonds. The number of carbonyl (C=O) groups excluding carboxylic acids is 1. The Morgan fingerprint density at radius 3 is 2.86 bits per heavy atom. The van der Waals surface area contributed by atoms with Gasteiger partial charge in [-0.2, -0.15) is 0 Å². The number of likely N-dealkylation sites (N-methyl/N-ethyl adjacent to an activating group) is 1. The topological polar surface area (TPSA) is 55.3 Å². The molecule has 0 aromatic carbocycles. The van der Waals surface area contributed by atoms with Crippen molar-refractivity contribution in [2.24, 2.45) is 0 Å². The Bertz CT molecular complexity index is 616. The maximum atomic E-state index is 12.2. The Kier molecular flexibility index (Phi) is 5.47. The van der Waals surface area contributed by atoms with Crippen LogP contribution in [0.2, 0.25) is 0 Å². The van der Waals surface area contributed by atoms with Gasteiger partial charge in [0.05, 0.1) is 6.20 Å². The molecule has 2 aromatic heterocycles. The zero-order valence-corrected chi connectivity index (χ0v) is 13.2. The molecule has 0 radical (unpaired) electrons. The molecule has 0 aliphatic carbocycles. The van der Waals surface area contributed by atoms with Gasteiger partial charge in [0.1, 0.15) is 5.75 Å². The molecule has 0 unspecified atom stereocenters. The SMILES string of the molecule is Cc1ccnc(C[C@H](C)N(C)C(=O)COc2cccnc2)c1. The standard InChI is InChI=1S/C17H21N3O2/c1-13-6-8-19-15(9-13)10-14(2)20(3)17(21)12-22-16-5-4-7-18-11-16/h4-9,11,14H,10,12H2,1-3H3/t14-/m0/s1. The smallest absolute Gasteiger partial charge is 0.260 e. The lowest BCUT2D eigenvalue weighted by molar-refractivity contribution is -0.133. The number of hydrogen-bond acceptors (Lipinski definition) is 4. The Labute approximate surface area is 131 Å². The second-order valence-corrected chi connectivity index (χ2v) is 5.36. The molecular weight excluding hydrogens is 278 g/mol. The highest BCUT2D eigenvalue weighted by Gasteiger charge is 2.17. The van der Waals surface area contributed by atoms with Gasteiger partial charge in [0.15, 0.2) is 6.61 Å². The minimum atomic E-state index is -0.0657. The quantitative estimate of drug-likeness (QED) is 0.821. The Balaban J connectivity index is 1.86. The summed E-state index contributed by atoms with van der Waals surface area (Å²) in [7, 11) is 1.79. The van der Waals surface area contributed by atoms with E-state index in [2.05, 4.69) is 9.97 Å². The van der Waals surface area contributed by atoms with Crippen molar-refractivity contribution >= 4 is 5.91 Å². The third-order valence-corrected chi connectivity index (χ3v) is 3.53. The maximum Gasteiger partial charge on any atom is 0.260 e. The molecule has 2 heterocycles. The van der Waals surface area contributed by atoms with Gasteiger partial charge in [-0.15, -0.1) is 0 Å². The summed E-state index contributed by atoms with van der Waals surface area (Å²) in [6, 6.07) is 7.61. The first kappa shape index (κ1) is 15.9. The van der Waals surface area contributed by atoms with Crippen LogP contribution in [-0.2, 0) is 11.2 Å². The molecule has 22 heavy (non-hydrogen) atoms. The van der Waals surface area contributed by atoms with Crippen LogP contribution in [0.1, 0.15) is 18.2 Å². The van der Waals surface area contributed by atoms with E-state index in [1.54, 1.807) is 42.7 Å². The van der Waals surface area contributed by atoms with Gasteiger partial charge in [-0.1, -0.05) is 0 Å². The predicted molar refractivity (Wildman–Crippen MR) is 84.6 cm³/mol. The van der Waals surface area contributed by atoms with Crippen LogP contribution in [0.5, 0.6) is 5.75 Å². The fourth-order valence-corrected chi connectivity index (χ4v) is 2.08. The second kappa shape index (κ2) is 7.54. The van der Waals surface area contributed by atoms with Crippen LogP contribution in [0.15, 0.2) is 42.9 Å². The minimum Gasteiger partial charge on any atom is -0.482 e. The van der Waals surface area contributed by atoms with Crippen LogP contribution in [0.25, 0.3) is 0 Å². The highest BCUT2D eigenvalue weighted by Crippen LogP contribution is 2.09. The molecule has 0 aliphatic heterocycles. The molecule has 0 aliphatic rings. The van der Waals surface area contributed by atoms with Crippen LogP contribution in [0.4, 0.5) is 0 Å². The lowest BCUT2D eigenvalue weighted by atomic mass is 10.1. The number of aromatic nitrogens is 2. The van der Waals surface area contributed by atoms with Gasteiger partial charge in [-0.25, -0.2) is 0 Å². The van der Waals surface area contributed by atoms with Crippen molar-refractivity contribution in [1.29, 1.82) is 0 Å². The number of aryl methyl sites for hydroxylation is 1. The van der Waals surface area contributed by atoms with Crippen LogP contribution in [0.3, 0.4) is 0 Å². The van der Waals surface area contributed by atoms with Gasteiger partial charge < -0.3 is 9.64 Å². The molecule has 0 bridgehead atoms. The van der Waals surface area contributed by atoms with Crippen molar-refractivity contribution in [3.63, 3.8) is 0 Å². The number of amides is 1. The van der Waals surface area contributed by atoms with Crippen molar-refractivity contribution in [3.8, 4) is 5.75 Å². The van der Waals surface area contributed by atoms with E-state index >= 15 is 0 Å². The zero-order chi connectivity index (χ0) is 15.9. The summed E-state index contributed by atoms with van der Waals surface area (Å²) < 4.78 is 5.44. The molecule has 5 nitrogen and oxygen atoms in total. The Hall–Kier alpha value is -2.43. The largest absolute Gasteiger partial charge is 0.482 e. The van der Waals surface area contributed by atoms with E-state index in [-0.39, 0.29) is 18.6 Å². The average molecular weight is 299 g/mol. The van der Waals surface area contributed by atoms with E-state index in [0.717, 1.165) is 12.1 Å². The van der Waals surface area contributed by atoms with E-state index < -0.39 is 0 Å². The van der Waals surface area contributed by atoms with Gasteiger partial charge in [-0.3, -0.25) is 14.8 Å². The maximum absolute atomic E-state index is 12.2. The van der Waals surface area contributed by atoms with Gasteiger partial charge in [0.25, 0.3) is 5.91 Å². The van der Waals surface area contributed by atoms with Gasteiger partial charge >= 0.3 is 0 Å². The number of pyridine rings is 2. The van der Waals surface area contributed by atoms with Crippen molar-refractivity contribution < 1.29 is 9.53 Å². The van der Waals surface area contributed by atoms with E-state index in [1.165, 1.54) is 5.56 Å². The van der Waals surface area contributed by atoms with Crippen LogP contribution >= 0.6 is 0 Å². The molecule has 2 aromatic rings. The highest BCUT2D eigenvalue weighted by molar-refractivity contribution is 5.77. The van der Waals surface area contributed by atoms with Crippen LogP contribution in [0, 0.1) is 6.92 Å². The lowest BCUT2D eigenvalue weighted by Gasteiger charge is -2.24. The molecule has 5 heteroatoms. The molecule has 116 valence electrons. The fraction of sp³-hybridized carbons (Fsp3) is 0.353. The first-order valence-electron chi connectivity index (χ1n) is 7.26. The van der Waals surface area contributed by atoms with E-state index in [4.69, 9.17) is 4.74 Å². The number of ether oxygens (including phenoxy) is 1. The molecule has 0 fully saturated rings. The molecule has 1 atom stereocenters. The summed E-state index contributed by atoms with van der Waals surface area (Å²) in [5.41, 5.74) is 2.16. The second-order valence-electron chi connectivity index (χ2n) is 5.36. The Morgan fingerprint density at radius 2 is 2.18 bits per heavy atom. The summed E-state index contributed by atoms with van der Waals surface area (Å²) in [6.45, 7) is 4.05. The van der Waals surface area contributed by atoms with Crippen molar-refractivity contribution in [1.82, 2.24) is 14.9 Å². The molecule has 0 spiro atoms. The first-order valence-corrected chi connectivity index (χ1v) is 7.26. The number of carbonyl (C=O) groups is 1. The van der Waals surface area contributed by atoms with Crippen LogP contribution in [-0.4, -0.2) is 40.5 Å². The third-order valence-electron chi connectivity index (χ3n) is 3.53. The van der Waals surface area contributed by atoms with E-state index in [9.17, 15) is 4.79 Å². The van der Waals surface area contributed by atoms with Gasteiger partial charge in [-0.05, 0) is 43.7 Å². The van der Waals surface area contributed by atoms with E-state index in [0.29, 0.717) is 5.75 Å². The summed E-state index contributed by atoms with van der Waals surface area (Å²) in [5, 5.41) is 0. The van der Waals surface area contributed by atoms with E-state index in [1.807, 2.05) is 26.0 Å². The normalized spacial score (nSPS) is 11.8. The number of hydrogen-bond donors (Lipinski definition) is 0. The van der Waals surface area contributed by atoms with Gasteiger partial charge in [0.2, 0.25) is 0 Å². The van der Waals surface area contributed by atoms with Crippen molar-refractivity contribution in [2.75, 3.05) is 13.7 Å². The van der Waals surface area contributed by atoms with Gasteiger partial charge in [0, 0.05) is 37.6 Å². The molecule has 0 saturated heterocycles.